The summed E-state index contributed by atoms with van der Waals surface area (Å²) in [6.07, 6.45) is 0. The summed E-state index contributed by atoms with van der Waals surface area (Å²) >= 11 is -0.130. The molecule has 0 unspecified atom stereocenters. The van der Waals surface area contributed by atoms with E-state index in [0.29, 0.717) is 0 Å². The van der Waals surface area contributed by atoms with Crippen molar-refractivity contribution in [1.29, 1.82) is 0 Å². The van der Waals surface area contributed by atoms with Crippen molar-refractivity contribution in [3.05, 3.63) is 32.4 Å². The van der Waals surface area contributed by atoms with Gasteiger partial charge in [0.1, 0.15) is 0 Å². The molecule has 2 aromatic rings. The van der Waals surface area contributed by atoms with Crippen LogP contribution in [-0.4, -0.2) is 20.4 Å². The molecular formula is C10H6O2Te. The third-order valence-electron chi connectivity index (χ3n) is 2.02. The topological polar surface area (TPSA) is 18.5 Å². The molecule has 2 heterocycles. The van der Waals surface area contributed by atoms with Crippen molar-refractivity contribution in [2.75, 3.05) is 0 Å². The fraction of sp³-hybridized carbons (Fsp3) is 0. The van der Waals surface area contributed by atoms with E-state index >= 15 is 0 Å². The maximum absolute atomic E-state index is 5.15. The molecule has 0 fully saturated rings. The van der Waals surface area contributed by atoms with Crippen LogP contribution in [0.5, 0.6) is 11.5 Å². The molecule has 3 heteroatoms. The number of fused-ring (bicyclic) bond motifs is 3. The molecule has 0 saturated carbocycles. The van der Waals surface area contributed by atoms with Gasteiger partial charge in [0.15, 0.2) is 0 Å². The van der Waals surface area contributed by atoms with E-state index in [1.54, 1.807) is 0 Å². The number of hydrogen-bond donors (Lipinski definition) is 0. The van der Waals surface area contributed by atoms with Gasteiger partial charge in [0.05, 0.1) is 0 Å². The molecule has 1 aromatic carbocycles. The molecule has 3 rings (SSSR count). The summed E-state index contributed by atoms with van der Waals surface area (Å²) in [4.78, 5) is 10.3. The van der Waals surface area contributed by atoms with Crippen molar-refractivity contribution in [3.63, 3.8) is 0 Å². The summed E-state index contributed by atoms with van der Waals surface area (Å²) < 4.78 is 4.43. The molecule has 0 bridgehead atoms. The molecule has 1 aliphatic heterocycles. The Bertz CT molecular complexity index is 448. The van der Waals surface area contributed by atoms with Crippen LogP contribution in [-0.2, 0) is 0 Å². The van der Waals surface area contributed by atoms with Crippen molar-refractivity contribution in [2.24, 2.45) is 0 Å². The van der Waals surface area contributed by atoms with Gasteiger partial charge in [-0.2, -0.15) is 0 Å². The van der Waals surface area contributed by atoms with E-state index in [1.165, 1.54) is 5.56 Å². The monoisotopic (exact) mass is 288 g/mol. The molecular weight excluding hydrogens is 280 g/mol. The van der Waals surface area contributed by atoms with E-state index in [2.05, 4.69) is 14.2 Å². The average molecular weight is 286 g/mol. The Kier molecular flexibility index (Phi) is 1.61. The summed E-state index contributed by atoms with van der Waals surface area (Å²) in [5.41, 5.74) is 2.37. The van der Waals surface area contributed by atoms with Gasteiger partial charge in [-0.15, -0.1) is 0 Å². The molecule has 0 amide bonds. The van der Waals surface area contributed by atoms with Crippen LogP contribution in [0, 0.1) is 0 Å². The summed E-state index contributed by atoms with van der Waals surface area (Å²) in [5.74, 6) is 1.72. The van der Waals surface area contributed by atoms with Crippen LogP contribution in [0.4, 0.5) is 0 Å². The third kappa shape index (κ3) is 1.08. The van der Waals surface area contributed by atoms with Gasteiger partial charge in [-0.3, -0.25) is 0 Å². The zero-order valence-electron chi connectivity index (χ0n) is 6.69. The predicted octanol–water partition coefficient (Wildman–Crippen LogP) is 2.10. The Labute approximate surface area is 85.3 Å². The van der Waals surface area contributed by atoms with Crippen molar-refractivity contribution in [1.82, 2.24) is 0 Å². The standard InChI is InChI=1S/C10H6O2Te/c1-2-4-9-7(3-1)8-5-13-6-10(8)12-11-9/h1-6H. The molecule has 1 aromatic heterocycles. The van der Waals surface area contributed by atoms with Gasteiger partial charge < -0.3 is 0 Å². The second kappa shape index (κ2) is 2.80. The first-order valence-electron chi connectivity index (χ1n) is 3.95. The molecule has 0 spiro atoms. The quantitative estimate of drug-likeness (QED) is 0.545. The number of hydrogen-bond acceptors (Lipinski definition) is 2. The average Bonchev–Trinajstić information content (AvgIpc) is 2.65. The molecule has 13 heavy (non-hydrogen) atoms. The molecule has 64 valence electrons. The van der Waals surface area contributed by atoms with Crippen LogP contribution in [0.3, 0.4) is 0 Å². The zero-order valence-corrected chi connectivity index (χ0v) is 9.02. The molecule has 0 saturated heterocycles. The van der Waals surface area contributed by atoms with Gasteiger partial charge in [-0.25, -0.2) is 0 Å². The predicted molar refractivity (Wildman–Crippen MR) is 50.1 cm³/mol. The minimum absolute atomic E-state index is 0.130. The summed E-state index contributed by atoms with van der Waals surface area (Å²) in [5, 5.41) is 0. The fourth-order valence-electron chi connectivity index (χ4n) is 1.40. The Hall–Kier alpha value is -0.910. The molecule has 2 nitrogen and oxygen atoms in total. The van der Waals surface area contributed by atoms with Crippen LogP contribution in [0.25, 0.3) is 11.1 Å². The number of para-hydroxylation sites is 1. The Morgan fingerprint density at radius 2 is 1.69 bits per heavy atom. The van der Waals surface area contributed by atoms with E-state index in [1.807, 2.05) is 18.2 Å². The van der Waals surface area contributed by atoms with Crippen LogP contribution in [0.15, 0.2) is 32.4 Å². The van der Waals surface area contributed by atoms with Crippen LogP contribution in [0.2, 0.25) is 0 Å². The van der Waals surface area contributed by atoms with Crippen molar-refractivity contribution in [2.45, 2.75) is 0 Å². The van der Waals surface area contributed by atoms with E-state index in [0.717, 1.165) is 17.1 Å². The van der Waals surface area contributed by atoms with Crippen LogP contribution < -0.4 is 9.78 Å². The fourth-order valence-corrected chi connectivity index (χ4v) is 3.50. The first-order chi connectivity index (χ1) is 6.45. The van der Waals surface area contributed by atoms with Crippen molar-refractivity contribution < 1.29 is 9.78 Å². The molecule has 0 aliphatic carbocycles. The second-order valence-corrected chi connectivity index (χ2v) is 4.93. The van der Waals surface area contributed by atoms with Gasteiger partial charge in [-0.1, -0.05) is 0 Å². The second-order valence-electron chi connectivity index (χ2n) is 2.81. The third-order valence-corrected chi connectivity index (χ3v) is 4.09. The minimum atomic E-state index is -0.130. The summed E-state index contributed by atoms with van der Waals surface area (Å²) in [6.45, 7) is 0. The summed E-state index contributed by atoms with van der Waals surface area (Å²) in [7, 11) is 0. The maximum atomic E-state index is 5.15. The Morgan fingerprint density at radius 3 is 2.69 bits per heavy atom. The van der Waals surface area contributed by atoms with Gasteiger partial charge >= 0.3 is 85.3 Å². The SMILES string of the molecule is c1ccc2c(c1)OOc1c[te]cc1-2. The van der Waals surface area contributed by atoms with Crippen molar-refractivity contribution >= 4 is 20.4 Å². The van der Waals surface area contributed by atoms with Gasteiger partial charge in [0.25, 0.3) is 0 Å². The summed E-state index contributed by atoms with van der Waals surface area (Å²) in [6, 6.07) is 7.95. The Morgan fingerprint density at radius 1 is 0.846 bits per heavy atom. The van der Waals surface area contributed by atoms with Crippen LogP contribution >= 0.6 is 0 Å². The van der Waals surface area contributed by atoms with Gasteiger partial charge in [0, 0.05) is 0 Å². The Balaban J connectivity index is 2.30. The first-order valence-corrected chi connectivity index (χ1v) is 6.64. The van der Waals surface area contributed by atoms with E-state index in [9.17, 15) is 0 Å². The zero-order chi connectivity index (χ0) is 8.67. The molecule has 1 aliphatic rings. The molecule has 0 atom stereocenters. The molecule has 0 radical (unpaired) electrons. The first kappa shape index (κ1) is 7.49. The number of rotatable bonds is 0. The van der Waals surface area contributed by atoms with E-state index < -0.39 is 0 Å². The van der Waals surface area contributed by atoms with E-state index in [4.69, 9.17) is 9.78 Å². The van der Waals surface area contributed by atoms with E-state index in [-0.39, 0.29) is 20.4 Å². The normalized spacial score (nSPS) is 12.3. The van der Waals surface area contributed by atoms with Gasteiger partial charge in [0.2, 0.25) is 0 Å². The molecule has 0 N–H and O–H groups in total. The van der Waals surface area contributed by atoms with Gasteiger partial charge in [-0.05, 0) is 0 Å². The van der Waals surface area contributed by atoms with Crippen molar-refractivity contribution in [3.8, 4) is 22.6 Å². The van der Waals surface area contributed by atoms with Crippen LogP contribution in [0.1, 0.15) is 0 Å². The number of benzene rings is 1.